The molecule has 3 rings (SSSR count). The van der Waals surface area contributed by atoms with Crippen LogP contribution in [0.15, 0.2) is 23.5 Å². The maximum Gasteiger partial charge on any atom is 0.290 e. The third kappa shape index (κ3) is 1.87. The van der Waals surface area contributed by atoms with Crippen molar-refractivity contribution in [2.75, 3.05) is 20.8 Å². The number of benzene rings is 1. The van der Waals surface area contributed by atoms with E-state index in [1.165, 1.54) is 18.9 Å². The highest BCUT2D eigenvalue weighted by Gasteiger charge is 2.45. The number of methoxy groups -OCH3 is 2. The molecule has 0 saturated heterocycles. The van der Waals surface area contributed by atoms with Crippen LogP contribution in [0.1, 0.15) is 24.1 Å². The van der Waals surface area contributed by atoms with E-state index in [9.17, 15) is 14.7 Å². The minimum Gasteiger partial charge on any atom is -0.503 e. The molecule has 116 valence electrons. The normalized spacial score (nSPS) is 19.9. The molecule has 2 heterocycles. The lowest BCUT2D eigenvalue weighted by Crippen LogP contribution is -2.36. The van der Waals surface area contributed by atoms with E-state index in [0.29, 0.717) is 24.5 Å². The Morgan fingerprint density at radius 1 is 1.27 bits per heavy atom. The van der Waals surface area contributed by atoms with E-state index in [2.05, 4.69) is 0 Å². The molecule has 6 heteroatoms. The number of aliphatic hydroxyl groups is 1. The number of hydrogen-bond donors (Lipinski definition) is 1. The second-order valence-electron chi connectivity index (χ2n) is 5.38. The van der Waals surface area contributed by atoms with Crippen LogP contribution in [0.3, 0.4) is 0 Å². The van der Waals surface area contributed by atoms with Gasteiger partial charge in [0.2, 0.25) is 0 Å². The van der Waals surface area contributed by atoms with Crippen LogP contribution < -0.4 is 9.47 Å². The summed E-state index contributed by atoms with van der Waals surface area (Å²) >= 11 is 0. The van der Waals surface area contributed by atoms with Gasteiger partial charge in [0.15, 0.2) is 23.0 Å². The Bertz CT molecular complexity index is 707. The number of fused-ring (bicyclic) bond motifs is 3. The number of ketones is 1. The number of ether oxygens (including phenoxy) is 2. The van der Waals surface area contributed by atoms with Crippen molar-refractivity contribution in [1.82, 2.24) is 4.90 Å². The summed E-state index contributed by atoms with van der Waals surface area (Å²) in [4.78, 5) is 25.6. The van der Waals surface area contributed by atoms with Gasteiger partial charge in [0.05, 0.1) is 25.8 Å². The molecule has 0 spiro atoms. The molecule has 0 aromatic heterocycles. The van der Waals surface area contributed by atoms with Gasteiger partial charge in [-0.2, -0.15) is 0 Å². The van der Waals surface area contributed by atoms with Crippen molar-refractivity contribution in [3.05, 3.63) is 34.6 Å². The molecule has 1 aromatic carbocycles. The van der Waals surface area contributed by atoms with E-state index in [4.69, 9.17) is 9.47 Å². The van der Waals surface area contributed by atoms with Gasteiger partial charge in [0.1, 0.15) is 0 Å². The topological polar surface area (TPSA) is 76.1 Å². The molecular weight excluding hydrogens is 286 g/mol. The SMILES string of the molecule is COc1cc2c(cc1OC)C1C(C(C)=O)=C(O)C(=O)N1CC2. The molecule has 0 fully saturated rings. The fourth-order valence-electron chi connectivity index (χ4n) is 3.22. The van der Waals surface area contributed by atoms with Crippen molar-refractivity contribution in [3.8, 4) is 11.5 Å². The summed E-state index contributed by atoms with van der Waals surface area (Å²) in [5.41, 5.74) is 1.94. The zero-order chi connectivity index (χ0) is 16.0. The largest absolute Gasteiger partial charge is 0.503 e. The summed E-state index contributed by atoms with van der Waals surface area (Å²) in [7, 11) is 3.09. The predicted molar refractivity (Wildman–Crippen MR) is 78.0 cm³/mol. The first-order valence-corrected chi connectivity index (χ1v) is 6.99. The van der Waals surface area contributed by atoms with Crippen LogP contribution in [0.25, 0.3) is 0 Å². The third-order valence-electron chi connectivity index (χ3n) is 4.24. The summed E-state index contributed by atoms with van der Waals surface area (Å²) < 4.78 is 10.6. The van der Waals surface area contributed by atoms with Crippen LogP contribution in [-0.4, -0.2) is 42.5 Å². The number of aliphatic hydroxyl groups excluding tert-OH is 1. The smallest absolute Gasteiger partial charge is 0.290 e. The van der Waals surface area contributed by atoms with Crippen LogP contribution in [0, 0.1) is 0 Å². The number of hydrogen-bond acceptors (Lipinski definition) is 5. The highest BCUT2D eigenvalue weighted by atomic mass is 16.5. The maximum atomic E-state index is 12.2. The van der Waals surface area contributed by atoms with Crippen molar-refractivity contribution in [2.24, 2.45) is 0 Å². The second kappa shape index (κ2) is 5.05. The molecule has 2 aliphatic rings. The Morgan fingerprint density at radius 2 is 1.91 bits per heavy atom. The van der Waals surface area contributed by atoms with Crippen molar-refractivity contribution in [1.29, 1.82) is 0 Å². The van der Waals surface area contributed by atoms with Crippen molar-refractivity contribution in [2.45, 2.75) is 19.4 Å². The first-order valence-electron chi connectivity index (χ1n) is 6.99. The van der Waals surface area contributed by atoms with E-state index < -0.39 is 17.7 Å². The second-order valence-corrected chi connectivity index (χ2v) is 5.38. The fourth-order valence-corrected chi connectivity index (χ4v) is 3.22. The number of carbonyl (C=O) groups is 2. The predicted octanol–water partition coefficient (Wildman–Crippen LogP) is 1.54. The minimum absolute atomic E-state index is 0.151. The van der Waals surface area contributed by atoms with Gasteiger partial charge in [-0.25, -0.2) is 0 Å². The lowest BCUT2D eigenvalue weighted by Gasteiger charge is -2.33. The molecule has 6 nitrogen and oxygen atoms in total. The summed E-state index contributed by atoms with van der Waals surface area (Å²) in [6.07, 6.45) is 0.635. The molecule has 1 aromatic rings. The summed E-state index contributed by atoms with van der Waals surface area (Å²) in [5.74, 6) is -0.0989. The Balaban J connectivity index is 2.19. The van der Waals surface area contributed by atoms with E-state index in [0.717, 1.165) is 11.1 Å². The lowest BCUT2D eigenvalue weighted by molar-refractivity contribution is -0.129. The minimum atomic E-state index is -0.548. The van der Waals surface area contributed by atoms with Gasteiger partial charge in [-0.15, -0.1) is 0 Å². The van der Waals surface area contributed by atoms with Gasteiger partial charge in [-0.05, 0) is 36.6 Å². The zero-order valence-electron chi connectivity index (χ0n) is 12.7. The lowest BCUT2D eigenvalue weighted by atomic mass is 9.88. The highest BCUT2D eigenvalue weighted by molar-refractivity contribution is 6.08. The molecule has 2 aliphatic heterocycles. The van der Waals surface area contributed by atoms with Crippen molar-refractivity contribution >= 4 is 11.7 Å². The average molecular weight is 303 g/mol. The average Bonchev–Trinajstić information content (AvgIpc) is 2.77. The van der Waals surface area contributed by atoms with Gasteiger partial charge >= 0.3 is 0 Å². The molecule has 1 N–H and O–H groups in total. The van der Waals surface area contributed by atoms with Gasteiger partial charge in [-0.3, -0.25) is 9.59 Å². The zero-order valence-corrected chi connectivity index (χ0v) is 12.7. The first-order chi connectivity index (χ1) is 10.5. The van der Waals surface area contributed by atoms with Gasteiger partial charge in [0, 0.05) is 6.54 Å². The van der Waals surface area contributed by atoms with E-state index in [1.807, 2.05) is 6.07 Å². The molecule has 22 heavy (non-hydrogen) atoms. The van der Waals surface area contributed by atoms with Crippen molar-refractivity contribution in [3.63, 3.8) is 0 Å². The number of amides is 1. The number of carbonyl (C=O) groups excluding carboxylic acids is 2. The molecule has 0 bridgehead atoms. The van der Waals surface area contributed by atoms with Gasteiger partial charge in [0.25, 0.3) is 5.91 Å². The van der Waals surface area contributed by atoms with E-state index >= 15 is 0 Å². The number of rotatable bonds is 3. The number of nitrogens with zero attached hydrogens (tertiary/aromatic N) is 1. The Kier molecular flexibility index (Phi) is 3.31. The quantitative estimate of drug-likeness (QED) is 0.916. The van der Waals surface area contributed by atoms with E-state index in [-0.39, 0.29) is 11.4 Å². The molecule has 0 radical (unpaired) electrons. The van der Waals surface area contributed by atoms with Gasteiger partial charge in [-0.1, -0.05) is 0 Å². The van der Waals surface area contributed by atoms with Crippen LogP contribution in [-0.2, 0) is 16.0 Å². The standard InChI is InChI=1S/C16H17NO5/c1-8(18)13-14-10-7-12(22-3)11(21-2)6-9(10)4-5-17(14)16(20)15(13)19/h6-7,14,19H,4-5H2,1-3H3. The Labute approximate surface area is 127 Å². The van der Waals surface area contributed by atoms with Crippen LogP contribution >= 0.6 is 0 Å². The molecular formula is C16H17NO5. The molecule has 0 aliphatic carbocycles. The third-order valence-corrected chi connectivity index (χ3v) is 4.24. The number of Topliss-reactive ketones (excluding diaryl/α,β-unsaturated/α-hetero) is 1. The van der Waals surface area contributed by atoms with Gasteiger partial charge < -0.3 is 19.5 Å². The van der Waals surface area contributed by atoms with Crippen molar-refractivity contribution < 1.29 is 24.2 Å². The van der Waals surface area contributed by atoms with E-state index in [1.54, 1.807) is 13.2 Å². The Hall–Kier alpha value is -2.50. The van der Waals surface area contributed by atoms with Crippen LogP contribution in [0.5, 0.6) is 11.5 Å². The first kappa shape index (κ1) is 14.4. The fraction of sp³-hybridized carbons (Fsp3) is 0.375. The van der Waals surface area contributed by atoms with Crippen LogP contribution in [0.2, 0.25) is 0 Å². The summed E-state index contributed by atoms with van der Waals surface area (Å²) in [6.45, 7) is 1.81. The van der Waals surface area contributed by atoms with Crippen LogP contribution in [0.4, 0.5) is 0 Å². The molecule has 1 atom stereocenters. The summed E-state index contributed by atoms with van der Waals surface area (Å²) in [5, 5.41) is 10.0. The molecule has 1 unspecified atom stereocenters. The Morgan fingerprint density at radius 3 is 2.50 bits per heavy atom. The highest BCUT2D eigenvalue weighted by Crippen LogP contribution is 2.45. The maximum absolute atomic E-state index is 12.2. The molecule has 0 saturated carbocycles. The molecule has 1 amide bonds. The monoisotopic (exact) mass is 303 g/mol. The summed E-state index contributed by atoms with van der Waals surface area (Å²) in [6, 6.07) is 3.09.